The lowest BCUT2D eigenvalue weighted by molar-refractivity contribution is -0.156. The second-order valence-corrected chi connectivity index (χ2v) is 7.97. The summed E-state index contributed by atoms with van der Waals surface area (Å²) in [5.41, 5.74) is 2.08. The van der Waals surface area contributed by atoms with Gasteiger partial charge in [0, 0.05) is 31.7 Å². The molecule has 2 heterocycles. The zero-order valence-electron chi connectivity index (χ0n) is 18.2. The van der Waals surface area contributed by atoms with Crippen molar-refractivity contribution in [3.63, 3.8) is 0 Å². The molecule has 1 aromatic heterocycles. The fourth-order valence-corrected chi connectivity index (χ4v) is 3.66. The van der Waals surface area contributed by atoms with Gasteiger partial charge in [0.15, 0.2) is 0 Å². The summed E-state index contributed by atoms with van der Waals surface area (Å²) in [6, 6.07) is 16.5. The molecule has 170 valence electrons. The molecule has 1 N–H and O–H groups in total. The molecule has 1 aliphatic heterocycles. The summed E-state index contributed by atoms with van der Waals surface area (Å²) in [6.45, 7) is 3.48. The average molecular weight is 449 g/mol. The molecular weight excluding hydrogens is 425 g/mol. The molecule has 2 aromatic carbocycles. The van der Waals surface area contributed by atoms with E-state index in [9.17, 15) is 18.8 Å². The van der Waals surface area contributed by atoms with Crippen molar-refractivity contribution in [2.75, 3.05) is 13.1 Å². The molecule has 0 aliphatic carbocycles. The van der Waals surface area contributed by atoms with Crippen molar-refractivity contribution in [2.45, 2.75) is 26.6 Å². The van der Waals surface area contributed by atoms with Gasteiger partial charge < -0.3 is 19.5 Å². The molecular formula is C25H24FN3O4. The molecule has 4 rings (SSSR count). The number of carbonyl (C=O) groups excluding carboxylic acids is 3. The SMILES string of the molecule is Cc1ccc(CNC(=O)c2ccc(CN3CCN(Cc4ccc(F)cc4)C(=O)C3=O)cc2)o1. The Labute approximate surface area is 190 Å². The first-order chi connectivity index (χ1) is 15.9. The first-order valence-electron chi connectivity index (χ1n) is 10.6. The molecule has 0 spiro atoms. The maximum Gasteiger partial charge on any atom is 0.312 e. The number of halogens is 1. The highest BCUT2D eigenvalue weighted by Gasteiger charge is 2.32. The summed E-state index contributed by atoms with van der Waals surface area (Å²) in [4.78, 5) is 40.4. The van der Waals surface area contributed by atoms with Crippen LogP contribution in [-0.4, -0.2) is 40.6 Å². The molecule has 3 amide bonds. The van der Waals surface area contributed by atoms with E-state index in [1.165, 1.54) is 21.9 Å². The fraction of sp³-hybridized carbons (Fsp3) is 0.240. The Morgan fingerprint density at radius 1 is 0.879 bits per heavy atom. The summed E-state index contributed by atoms with van der Waals surface area (Å²) in [6.07, 6.45) is 0. The third kappa shape index (κ3) is 5.46. The van der Waals surface area contributed by atoms with Crippen molar-refractivity contribution in [3.8, 4) is 0 Å². The van der Waals surface area contributed by atoms with Gasteiger partial charge in [-0.2, -0.15) is 0 Å². The molecule has 0 unspecified atom stereocenters. The van der Waals surface area contributed by atoms with Gasteiger partial charge in [0.2, 0.25) is 0 Å². The number of amides is 3. The van der Waals surface area contributed by atoms with Crippen molar-refractivity contribution >= 4 is 17.7 Å². The number of hydrogen-bond acceptors (Lipinski definition) is 4. The van der Waals surface area contributed by atoms with Crippen molar-refractivity contribution < 1.29 is 23.2 Å². The number of aryl methyl sites for hydroxylation is 1. The van der Waals surface area contributed by atoms with Crippen LogP contribution in [0.15, 0.2) is 65.1 Å². The van der Waals surface area contributed by atoms with E-state index in [4.69, 9.17) is 4.42 Å². The minimum absolute atomic E-state index is 0.226. The predicted molar refractivity (Wildman–Crippen MR) is 118 cm³/mol. The maximum absolute atomic E-state index is 13.1. The van der Waals surface area contributed by atoms with Crippen LogP contribution in [-0.2, 0) is 29.2 Å². The summed E-state index contributed by atoms with van der Waals surface area (Å²) in [5.74, 6) is -0.251. The molecule has 33 heavy (non-hydrogen) atoms. The average Bonchev–Trinajstić information content (AvgIpc) is 3.24. The van der Waals surface area contributed by atoms with Crippen LogP contribution >= 0.6 is 0 Å². The van der Waals surface area contributed by atoms with Crippen molar-refractivity contribution in [1.29, 1.82) is 0 Å². The molecule has 1 saturated heterocycles. The largest absolute Gasteiger partial charge is 0.465 e. The third-order valence-electron chi connectivity index (χ3n) is 5.49. The van der Waals surface area contributed by atoms with Gasteiger partial charge in [0.25, 0.3) is 5.91 Å². The molecule has 0 saturated carbocycles. The number of nitrogens with one attached hydrogen (secondary N) is 1. The quantitative estimate of drug-likeness (QED) is 0.562. The topological polar surface area (TPSA) is 82.9 Å². The summed E-state index contributed by atoms with van der Waals surface area (Å²) in [5, 5.41) is 2.80. The number of rotatable bonds is 7. The van der Waals surface area contributed by atoms with Gasteiger partial charge in [0.05, 0.1) is 6.54 Å². The van der Waals surface area contributed by atoms with Crippen LogP contribution in [0.1, 0.15) is 33.0 Å². The van der Waals surface area contributed by atoms with Gasteiger partial charge in [-0.25, -0.2) is 4.39 Å². The van der Waals surface area contributed by atoms with E-state index in [1.54, 1.807) is 36.4 Å². The van der Waals surface area contributed by atoms with Crippen LogP contribution in [0.25, 0.3) is 0 Å². The highest BCUT2D eigenvalue weighted by atomic mass is 19.1. The molecule has 0 bridgehead atoms. The Balaban J connectivity index is 1.30. The second kappa shape index (κ2) is 9.68. The summed E-state index contributed by atoms with van der Waals surface area (Å²) >= 11 is 0. The van der Waals surface area contributed by atoms with E-state index >= 15 is 0 Å². The molecule has 7 nitrogen and oxygen atoms in total. The number of hydrogen-bond donors (Lipinski definition) is 1. The lowest BCUT2D eigenvalue weighted by Gasteiger charge is -2.33. The van der Waals surface area contributed by atoms with Gasteiger partial charge in [-0.3, -0.25) is 14.4 Å². The lowest BCUT2D eigenvalue weighted by atomic mass is 10.1. The van der Waals surface area contributed by atoms with Crippen LogP contribution in [0.4, 0.5) is 4.39 Å². The van der Waals surface area contributed by atoms with Crippen LogP contribution in [0.2, 0.25) is 0 Å². The Hall–Kier alpha value is -3.94. The van der Waals surface area contributed by atoms with E-state index in [0.29, 0.717) is 31.0 Å². The zero-order valence-corrected chi connectivity index (χ0v) is 18.2. The van der Waals surface area contributed by atoms with E-state index in [2.05, 4.69) is 5.32 Å². The standard InChI is InChI=1S/C25H24FN3O4/c1-17-2-11-22(33-17)14-27-23(30)20-7-3-18(4-8-20)15-28-12-13-29(25(32)24(28)31)16-19-5-9-21(26)10-6-19/h2-11H,12-16H2,1H3,(H,27,30). The Morgan fingerprint density at radius 3 is 1.94 bits per heavy atom. The third-order valence-corrected chi connectivity index (χ3v) is 5.49. The summed E-state index contributed by atoms with van der Waals surface area (Å²) < 4.78 is 18.5. The molecule has 0 radical (unpaired) electrons. The minimum Gasteiger partial charge on any atom is -0.465 e. The maximum atomic E-state index is 13.1. The normalized spacial score (nSPS) is 14.0. The molecule has 0 atom stereocenters. The Bertz CT molecular complexity index is 1160. The summed E-state index contributed by atoms with van der Waals surface area (Å²) in [7, 11) is 0. The highest BCUT2D eigenvalue weighted by Crippen LogP contribution is 2.15. The van der Waals surface area contributed by atoms with Crippen LogP contribution in [0.3, 0.4) is 0 Å². The Morgan fingerprint density at radius 2 is 1.42 bits per heavy atom. The smallest absolute Gasteiger partial charge is 0.312 e. The molecule has 1 fully saturated rings. The molecule has 3 aromatic rings. The Kier molecular flexibility index (Phi) is 6.53. The van der Waals surface area contributed by atoms with E-state index in [-0.39, 0.29) is 24.8 Å². The van der Waals surface area contributed by atoms with Crippen molar-refractivity contribution in [1.82, 2.24) is 15.1 Å². The second-order valence-electron chi connectivity index (χ2n) is 7.97. The van der Waals surface area contributed by atoms with Gasteiger partial charge >= 0.3 is 11.8 Å². The highest BCUT2D eigenvalue weighted by molar-refractivity contribution is 6.35. The van der Waals surface area contributed by atoms with E-state index in [0.717, 1.165) is 16.9 Å². The number of carbonyl (C=O) groups is 3. The fourth-order valence-electron chi connectivity index (χ4n) is 3.66. The lowest BCUT2D eigenvalue weighted by Crippen LogP contribution is -2.53. The van der Waals surface area contributed by atoms with Crippen LogP contribution in [0.5, 0.6) is 0 Å². The van der Waals surface area contributed by atoms with Crippen LogP contribution in [0, 0.1) is 12.7 Å². The van der Waals surface area contributed by atoms with E-state index < -0.39 is 11.8 Å². The minimum atomic E-state index is -0.574. The van der Waals surface area contributed by atoms with Crippen molar-refractivity contribution in [3.05, 3.63) is 94.7 Å². The van der Waals surface area contributed by atoms with Crippen molar-refractivity contribution in [2.24, 2.45) is 0 Å². The van der Waals surface area contributed by atoms with Gasteiger partial charge in [-0.15, -0.1) is 0 Å². The molecule has 1 aliphatic rings. The predicted octanol–water partition coefficient (Wildman–Crippen LogP) is 3.03. The van der Waals surface area contributed by atoms with Gasteiger partial charge in [0.1, 0.15) is 17.3 Å². The monoisotopic (exact) mass is 449 g/mol. The van der Waals surface area contributed by atoms with E-state index in [1.807, 2.05) is 19.1 Å². The number of furan rings is 1. The number of nitrogens with zero attached hydrogens (tertiary/aromatic N) is 2. The number of benzene rings is 2. The van der Waals surface area contributed by atoms with Crippen LogP contribution < -0.4 is 5.32 Å². The van der Waals surface area contributed by atoms with Gasteiger partial charge in [-0.1, -0.05) is 24.3 Å². The first-order valence-corrected chi connectivity index (χ1v) is 10.6. The molecule has 8 heteroatoms. The first kappa shape index (κ1) is 22.3. The zero-order chi connectivity index (χ0) is 23.4. The number of piperazine rings is 1. The van der Waals surface area contributed by atoms with Gasteiger partial charge in [-0.05, 0) is 54.4 Å².